The second kappa shape index (κ2) is 8.90. The third kappa shape index (κ3) is 4.84. The summed E-state index contributed by atoms with van der Waals surface area (Å²) in [6, 6.07) is 11.0. The number of carbonyl (C=O) groups is 2. The number of fused-ring (bicyclic) bond motifs is 1. The molecule has 0 aliphatic heterocycles. The molecule has 158 valence electrons. The minimum absolute atomic E-state index is 0.00578. The molecule has 0 radical (unpaired) electrons. The van der Waals surface area contributed by atoms with Gasteiger partial charge in [0.1, 0.15) is 5.75 Å². The summed E-state index contributed by atoms with van der Waals surface area (Å²) >= 11 is 1.28. The number of likely N-dealkylation sites (N-methyl/N-ethyl adjacent to an activating group) is 1. The molecule has 3 aromatic rings. The smallest absolute Gasteiger partial charge is 0.243 e. The predicted molar refractivity (Wildman–Crippen MR) is 116 cm³/mol. The Balaban J connectivity index is 1.69. The van der Waals surface area contributed by atoms with E-state index in [9.17, 15) is 18.0 Å². The number of carbonyl (C=O) groups excluding carboxylic acids is 2. The molecule has 0 fully saturated rings. The Bertz CT molecular complexity index is 1190. The quantitative estimate of drug-likeness (QED) is 0.532. The molecule has 2 aromatic carbocycles. The van der Waals surface area contributed by atoms with Crippen molar-refractivity contribution < 1.29 is 22.7 Å². The van der Waals surface area contributed by atoms with Crippen molar-refractivity contribution in [3.63, 3.8) is 0 Å². The van der Waals surface area contributed by atoms with E-state index in [1.807, 2.05) is 13.0 Å². The lowest BCUT2D eigenvalue weighted by Crippen LogP contribution is -2.34. The fraction of sp³-hybridized carbons (Fsp3) is 0.250. The van der Waals surface area contributed by atoms with E-state index in [0.717, 1.165) is 9.01 Å². The summed E-state index contributed by atoms with van der Waals surface area (Å²) in [6.07, 6.45) is 0. The van der Waals surface area contributed by atoms with Crippen LogP contribution >= 0.6 is 11.3 Å². The highest BCUT2D eigenvalue weighted by molar-refractivity contribution is 7.89. The topological polar surface area (TPSA) is 106 Å². The number of hydrogen-bond donors (Lipinski definition) is 1. The number of thiazole rings is 1. The average Bonchev–Trinajstić information content (AvgIpc) is 3.09. The van der Waals surface area contributed by atoms with Crippen LogP contribution in [0, 0.1) is 0 Å². The third-order valence-electron chi connectivity index (χ3n) is 4.25. The monoisotopic (exact) mass is 447 g/mol. The van der Waals surface area contributed by atoms with Crippen LogP contribution < -0.4 is 10.1 Å². The molecule has 3 rings (SSSR count). The maximum atomic E-state index is 12.7. The highest BCUT2D eigenvalue weighted by atomic mass is 32.2. The summed E-state index contributed by atoms with van der Waals surface area (Å²) in [7, 11) is -2.56. The zero-order valence-electron chi connectivity index (χ0n) is 16.7. The molecule has 1 amide bonds. The average molecular weight is 448 g/mol. The minimum atomic E-state index is -3.88. The first-order valence-corrected chi connectivity index (χ1v) is 11.4. The Morgan fingerprint density at radius 2 is 1.87 bits per heavy atom. The van der Waals surface area contributed by atoms with E-state index in [1.165, 1.54) is 49.6 Å². The van der Waals surface area contributed by atoms with Crippen molar-refractivity contribution in [2.45, 2.75) is 18.7 Å². The van der Waals surface area contributed by atoms with Gasteiger partial charge in [-0.3, -0.25) is 9.59 Å². The van der Waals surface area contributed by atoms with Gasteiger partial charge in [-0.1, -0.05) is 23.5 Å². The molecule has 0 aliphatic carbocycles. The van der Waals surface area contributed by atoms with E-state index in [-0.39, 0.29) is 17.2 Å². The number of Topliss-reactive ketones (excluding diaryl/α,β-unsaturated/α-hetero) is 1. The number of nitrogens with one attached hydrogen (secondary N) is 1. The van der Waals surface area contributed by atoms with Crippen LogP contribution in [0.1, 0.15) is 24.2 Å². The molecule has 0 aliphatic rings. The van der Waals surface area contributed by atoms with Gasteiger partial charge in [0.25, 0.3) is 0 Å². The minimum Gasteiger partial charge on any atom is -0.494 e. The summed E-state index contributed by atoms with van der Waals surface area (Å²) in [4.78, 5) is 28.1. The van der Waals surface area contributed by atoms with Gasteiger partial charge in [-0.15, -0.1) is 0 Å². The summed E-state index contributed by atoms with van der Waals surface area (Å²) in [6.45, 7) is 3.47. The van der Waals surface area contributed by atoms with Crippen LogP contribution in [0.5, 0.6) is 5.75 Å². The lowest BCUT2D eigenvalue weighted by atomic mass is 10.2. The van der Waals surface area contributed by atoms with Gasteiger partial charge in [0.2, 0.25) is 15.9 Å². The third-order valence-corrected chi connectivity index (χ3v) is 7.00. The standard InChI is InChI=1S/C20H21N3O5S2/c1-4-28-15-7-10-17-18(11-15)29-20(21-17)22-19(25)12-23(3)30(26,27)16-8-5-14(6-9-16)13(2)24/h5-11H,4,12H2,1-3H3,(H,21,22,25). The summed E-state index contributed by atoms with van der Waals surface area (Å²) in [5.41, 5.74) is 1.13. The number of ether oxygens (including phenoxy) is 1. The molecular formula is C20H21N3O5S2. The first-order valence-electron chi connectivity index (χ1n) is 9.11. The number of ketones is 1. The van der Waals surface area contributed by atoms with E-state index in [4.69, 9.17) is 4.74 Å². The molecule has 0 unspecified atom stereocenters. The molecule has 0 saturated heterocycles. The molecule has 0 saturated carbocycles. The number of benzene rings is 2. The molecule has 0 spiro atoms. The number of nitrogens with zero attached hydrogens (tertiary/aromatic N) is 2. The highest BCUT2D eigenvalue weighted by Gasteiger charge is 2.23. The predicted octanol–water partition coefficient (Wildman–Crippen LogP) is 3.16. The van der Waals surface area contributed by atoms with Crippen molar-refractivity contribution >= 4 is 48.4 Å². The summed E-state index contributed by atoms with van der Waals surface area (Å²) in [5.74, 6) is 0.0505. The number of amides is 1. The van der Waals surface area contributed by atoms with E-state index >= 15 is 0 Å². The molecule has 8 nitrogen and oxygen atoms in total. The molecule has 10 heteroatoms. The molecule has 30 heavy (non-hydrogen) atoms. The number of hydrogen-bond acceptors (Lipinski definition) is 7. The Morgan fingerprint density at radius 3 is 2.50 bits per heavy atom. The Labute approximate surface area is 178 Å². The fourth-order valence-electron chi connectivity index (χ4n) is 2.70. The van der Waals surface area contributed by atoms with Crippen LogP contribution in [0.25, 0.3) is 10.2 Å². The SMILES string of the molecule is CCOc1ccc2nc(NC(=O)CN(C)S(=O)(=O)c3ccc(C(C)=O)cc3)sc2c1. The number of anilines is 1. The van der Waals surface area contributed by atoms with Crippen LogP contribution in [0.15, 0.2) is 47.4 Å². The van der Waals surface area contributed by atoms with Gasteiger partial charge in [0.15, 0.2) is 10.9 Å². The van der Waals surface area contributed by atoms with Gasteiger partial charge >= 0.3 is 0 Å². The lowest BCUT2D eigenvalue weighted by molar-refractivity contribution is -0.116. The molecule has 0 atom stereocenters. The normalized spacial score (nSPS) is 11.6. The van der Waals surface area contributed by atoms with Gasteiger partial charge in [0.05, 0.1) is 28.3 Å². The summed E-state index contributed by atoms with van der Waals surface area (Å²) < 4.78 is 32.6. The van der Waals surface area contributed by atoms with Gasteiger partial charge in [-0.2, -0.15) is 4.31 Å². The van der Waals surface area contributed by atoms with Crippen LogP contribution in [0.4, 0.5) is 5.13 Å². The van der Waals surface area contributed by atoms with Gasteiger partial charge < -0.3 is 10.1 Å². The van der Waals surface area contributed by atoms with Crippen LogP contribution in [-0.4, -0.2) is 49.6 Å². The second-order valence-electron chi connectivity index (χ2n) is 6.47. The first kappa shape index (κ1) is 21.9. The van der Waals surface area contributed by atoms with Gasteiger partial charge in [-0.25, -0.2) is 13.4 Å². The number of rotatable bonds is 8. The molecule has 0 bridgehead atoms. The summed E-state index contributed by atoms with van der Waals surface area (Å²) in [5, 5.41) is 3.01. The zero-order chi connectivity index (χ0) is 21.9. The molecule has 1 aromatic heterocycles. The fourth-order valence-corrected chi connectivity index (χ4v) is 4.74. The lowest BCUT2D eigenvalue weighted by Gasteiger charge is -2.16. The molecule has 1 heterocycles. The molecule has 1 N–H and O–H groups in total. The number of aromatic nitrogens is 1. The van der Waals surface area contributed by atoms with Gasteiger partial charge in [-0.05, 0) is 44.2 Å². The van der Waals surface area contributed by atoms with Crippen molar-refractivity contribution in [1.29, 1.82) is 0 Å². The maximum absolute atomic E-state index is 12.7. The molecular weight excluding hydrogens is 426 g/mol. The van der Waals surface area contributed by atoms with Crippen LogP contribution in [0.2, 0.25) is 0 Å². The van der Waals surface area contributed by atoms with Gasteiger partial charge in [0, 0.05) is 12.6 Å². The van der Waals surface area contributed by atoms with Crippen LogP contribution in [-0.2, 0) is 14.8 Å². The van der Waals surface area contributed by atoms with E-state index in [0.29, 0.717) is 28.6 Å². The Kier molecular flexibility index (Phi) is 6.49. The van der Waals surface area contributed by atoms with Crippen molar-refractivity contribution in [1.82, 2.24) is 9.29 Å². The highest BCUT2D eigenvalue weighted by Crippen LogP contribution is 2.29. The van der Waals surface area contributed by atoms with Crippen molar-refractivity contribution in [2.75, 3.05) is 25.5 Å². The van der Waals surface area contributed by atoms with Crippen molar-refractivity contribution in [2.24, 2.45) is 0 Å². The maximum Gasteiger partial charge on any atom is 0.243 e. The van der Waals surface area contributed by atoms with Crippen molar-refractivity contribution in [3.05, 3.63) is 48.0 Å². The second-order valence-corrected chi connectivity index (χ2v) is 9.55. The van der Waals surface area contributed by atoms with E-state index < -0.39 is 15.9 Å². The zero-order valence-corrected chi connectivity index (χ0v) is 18.3. The number of sulfonamides is 1. The van der Waals surface area contributed by atoms with E-state index in [2.05, 4.69) is 10.3 Å². The van der Waals surface area contributed by atoms with Crippen molar-refractivity contribution in [3.8, 4) is 5.75 Å². The van der Waals surface area contributed by atoms with E-state index in [1.54, 1.807) is 12.1 Å². The first-order chi connectivity index (χ1) is 14.2. The Hall–Kier alpha value is -2.82. The van der Waals surface area contributed by atoms with Crippen LogP contribution in [0.3, 0.4) is 0 Å². The largest absolute Gasteiger partial charge is 0.494 e. The Morgan fingerprint density at radius 1 is 1.17 bits per heavy atom.